The summed E-state index contributed by atoms with van der Waals surface area (Å²) in [5, 5.41) is 14.4. The predicted molar refractivity (Wildman–Crippen MR) is 71.4 cm³/mol. The van der Waals surface area contributed by atoms with Crippen LogP contribution in [0, 0.1) is 10.1 Å². The largest absolute Gasteiger partial charge is 0.435 e. The van der Waals surface area contributed by atoms with Crippen molar-refractivity contribution >= 4 is 22.9 Å². The summed E-state index contributed by atoms with van der Waals surface area (Å²) < 4.78 is 39.2. The minimum Gasteiger partial charge on any atom is -0.365 e. The highest BCUT2D eigenvalue weighted by Gasteiger charge is 2.36. The highest BCUT2D eigenvalue weighted by atomic mass is 32.1. The van der Waals surface area contributed by atoms with Crippen LogP contribution < -0.4 is 5.73 Å². The van der Waals surface area contributed by atoms with Gasteiger partial charge < -0.3 is 5.73 Å². The van der Waals surface area contributed by atoms with Gasteiger partial charge >= 0.3 is 6.18 Å². The van der Waals surface area contributed by atoms with E-state index in [4.69, 9.17) is 5.73 Å². The van der Waals surface area contributed by atoms with E-state index in [1.54, 1.807) is 6.92 Å². The van der Waals surface area contributed by atoms with Crippen molar-refractivity contribution in [3.8, 4) is 10.6 Å². The Morgan fingerprint density at radius 1 is 1.50 bits per heavy atom. The number of aryl methyl sites for hydroxylation is 1. The molecule has 1 amide bonds. The first kappa shape index (κ1) is 15.9. The van der Waals surface area contributed by atoms with Gasteiger partial charge in [0, 0.05) is 12.6 Å². The standard InChI is InChI=1S/C11H9F3N4O3S/c1-2-17-5(4-8(16-17)11(12,13)14)9-6(18(20)21)3-7(22-9)10(15)19/h3-4H,2H2,1H3,(H2,15,19). The zero-order valence-electron chi connectivity index (χ0n) is 11.0. The van der Waals surface area contributed by atoms with Crippen molar-refractivity contribution in [1.82, 2.24) is 9.78 Å². The van der Waals surface area contributed by atoms with Crippen molar-refractivity contribution < 1.29 is 22.9 Å². The van der Waals surface area contributed by atoms with Crippen LogP contribution >= 0.6 is 11.3 Å². The fourth-order valence-corrected chi connectivity index (χ4v) is 2.80. The number of halogens is 3. The summed E-state index contributed by atoms with van der Waals surface area (Å²) in [7, 11) is 0. The maximum atomic E-state index is 12.7. The molecule has 2 heterocycles. The molecule has 0 spiro atoms. The Morgan fingerprint density at radius 3 is 2.59 bits per heavy atom. The average Bonchev–Trinajstić information content (AvgIpc) is 3.01. The number of carbonyl (C=O) groups excluding carboxylic acids is 1. The van der Waals surface area contributed by atoms with Crippen LogP contribution in [0.3, 0.4) is 0 Å². The van der Waals surface area contributed by atoms with Crippen LogP contribution in [0.25, 0.3) is 10.6 Å². The van der Waals surface area contributed by atoms with E-state index >= 15 is 0 Å². The summed E-state index contributed by atoms with van der Waals surface area (Å²) in [6, 6.07) is 1.66. The van der Waals surface area contributed by atoms with Crippen molar-refractivity contribution in [2.45, 2.75) is 19.6 Å². The molecule has 0 aromatic carbocycles. The second-order valence-electron chi connectivity index (χ2n) is 4.17. The monoisotopic (exact) mass is 334 g/mol. The Balaban J connectivity index is 2.68. The third-order valence-corrected chi connectivity index (χ3v) is 3.92. The number of hydrogen-bond donors (Lipinski definition) is 1. The molecule has 0 aliphatic rings. The first-order valence-corrected chi connectivity index (χ1v) is 6.70. The molecule has 7 nitrogen and oxygen atoms in total. The molecule has 0 aliphatic heterocycles. The van der Waals surface area contributed by atoms with Crippen molar-refractivity contribution in [3.63, 3.8) is 0 Å². The average molecular weight is 334 g/mol. The minimum absolute atomic E-state index is 0.0758. The van der Waals surface area contributed by atoms with Crippen molar-refractivity contribution in [2.24, 2.45) is 5.73 Å². The SMILES string of the molecule is CCn1nc(C(F)(F)F)cc1-c1sc(C(N)=O)cc1[N+](=O)[O-]. The number of amides is 1. The number of alkyl halides is 3. The van der Waals surface area contributed by atoms with Crippen LogP contribution in [0.2, 0.25) is 0 Å². The van der Waals surface area contributed by atoms with E-state index < -0.39 is 28.4 Å². The summed E-state index contributed by atoms with van der Waals surface area (Å²) in [5.41, 5.74) is 3.34. The van der Waals surface area contributed by atoms with E-state index in [0.29, 0.717) is 17.4 Å². The van der Waals surface area contributed by atoms with Gasteiger partial charge in [0.05, 0.1) is 15.5 Å². The molecule has 11 heteroatoms. The van der Waals surface area contributed by atoms with Gasteiger partial charge in [0.25, 0.3) is 11.6 Å². The van der Waals surface area contributed by atoms with Crippen LogP contribution in [0.5, 0.6) is 0 Å². The van der Waals surface area contributed by atoms with Gasteiger partial charge in [0.15, 0.2) is 5.69 Å². The lowest BCUT2D eigenvalue weighted by Gasteiger charge is -2.01. The van der Waals surface area contributed by atoms with Crippen molar-refractivity contribution in [3.05, 3.63) is 32.8 Å². The summed E-state index contributed by atoms with van der Waals surface area (Å²) >= 11 is 0.658. The van der Waals surface area contributed by atoms with Gasteiger partial charge in [0.1, 0.15) is 4.88 Å². The molecule has 0 unspecified atom stereocenters. The second-order valence-corrected chi connectivity index (χ2v) is 5.23. The third-order valence-electron chi connectivity index (χ3n) is 2.75. The highest BCUT2D eigenvalue weighted by Crippen LogP contribution is 2.40. The zero-order chi connectivity index (χ0) is 16.7. The number of carbonyl (C=O) groups is 1. The molecular weight excluding hydrogens is 325 g/mol. The molecule has 2 aromatic heterocycles. The van der Waals surface area contributed by atoms with E-state index in [0.717, 1.165) is 10.7 Å². The number of aromatic nitrogens is 2. The summed E-state index contributed by atoms with van der Waals surface area (Å²) in [5.74, 6) is -0.891. The Bertz CT molecular complexity index is 750. The molecule has 0 aliphatic carbocycles. The molecular formula is C11H9F3N4O3S. The molecule has 0 saturated heterocycles. The van der Waals surface area contributed by atoms with Crippen molar-refractivity contribution in [2.75, 3.05) is 0 Å². The molecule has 0 saturated carbocycles. The lowest BCUT2D eigenvalue weighted by atomic mass is 10.2. The topological polar surface area (TPSA) is 104 Å². The maximum absolute atomic E-state index is 12.7. The number of thiophene rings is 1. The van der Waals surface area contributed by atoms with E-state index in [1.807, 2.05) is 0 Å². The van der Waals surface area contributed by atoms with Crippen LogP contribution in [0.1, 0.15) is 22.3 Å². The van der Waals surface area contributed by atoms with Gasteiger partial charge in [-0.1, -0.05) is 0 Å². The van der Waals surface area contributed by atoms with E-state index in [1.165, 1.54) is 0 Å². The first-order chi connectivity index (χ1) is 10.1. The third kappa shape index (κ3) is 2.79. The molecule has 0 bridgehead atoms. The molecule has 22 heavy (non-hydrogen) atoms. The van der Waals surface area contributed by atoms with Crippen LogP contribution in [0.15, 0.2) is 12.1 Å². The van der Waals surface area contributed by atoms with E-state index in [9.17, 15) is 28.1 Å². The normalized spacial score (nSPS) is 11.6. The summed E-state index contributed by atoms with van der Waals surface area (Å²) in [4.78, 5) is 21.2. The Hall–Kier alpha value is -2.43. The molecule has 118 valence electrons. The first-order valence-electron chi connectivity index (χ1n) is 5.88. The number of nitrogens with zero attached hydrogens (tertiary/aromatic N) is 3. The van der Waals surface area contributed by atoms with Gasteiger partial charge in [-0.3, -0.25) is 19.6 Å². The second kappa shape index (κ2) is 5.40. The lowest BCUT2D eigenvalue weighted by Crippen LogP contribution is -2.08. The van der Waals surface area contributed by atoms with Crippen LogP contribution in [-0.2, 0) is 12.7 Å². The van der Waals surface area contributed by atoms with Gasteiger partial charge in [0.2, 0.25) is 0 Å². The Labute approximate surface area is 125 Å². The zero-order valence-corrected chi connectivity index (χ0v) is 11.9. The molecule has 2 aromatic rings. The highest BCUT2D eigenvalue weighted by molar-refractivity contribution is 7.18. The van der Waals surface area contributed by atoms with Crippen LogP contribution in [0.4, 0.5) is 18.9 Å². The quantitative estimate of drug-likeness (QED) is 0.685. The van der Waals surface area contributed by atoms with Gasteiger partial charge in [-0.15, -0.1) is 11.3 Å². The molecule has 0 atom stereocenters. The fourth-order valence-electron chi connectivity index (χ4n) is 1.80. The molecule has 0 fully saturated rings. The Morgan fingerprint density at radius 2 is 2.14 bits per heavy atom. The van der Waals surface area contributed by atoms with Gasteiger partial charge in [-0.05, 0) is 13.0 Å². The maximum Gasteiger partial charge on any atom is 0.435 e. The number of nitrogens with two attached hydrogens (primary N) is 1. The number of rotatable bonds is 4. The molecule has 2 rings (SSSR count). The number of primary amides is 1. The van der Waals surface area contributed by atoms with Gasteiger partial charge in [-0.2, -0.15) is 18.3 Å². The molecule has 0 radical (unpaired) electrons. The fraction of sp³-hybridized carbons (Fsp3) is 0.273. The summed E-state index contributed by atoms with van der Waals surface area (Å²) in [6.07, 6.45) is -4.67. The molecule has 2 N–H and O–H groups in total. The number of nitro groups is 1. The smallest absolute Gasteiger partial charge is 0.365 e. The van der Waals surface area contributed by atoms with Gasteiger partial charge in [-0.25, -0.2) is 0 Å². The van der Waals surface area contributed by atoms with E-state index in [2.05, 4.69) is 5.10 Å². The number of hydrogen-bond acceptors (Lipinski definition) is 5. The summed E-state index contributed by atoms with van der Waals surface area (Å²) in [6.45, 7) is 1.62. The van der Waals surface area contributed by atoms with Crippen molar-refractivity contribution in [1.29, 1.82) is 0 Å². The van der Waals surface area contributed by atoms with E-state index in [-0.39, 0.29) is 22.0 Å². The minimum atomic E-state index is -4.67. The Kier molecular flexibility index (Phi) is 3.92. The van der Waals surface area contributed by atoms with Crippen LogP contribution in [-0.4, -0.2) is 20.6 Å². The predicted octanol–water partition coefficient (Wildman–Crippen LogP) is 2.66. The lowest BCUT2D eigenvalue weighted by molar-refractivity contribution is -0.383.